The predicted octanol–water partition coefficient (Wildman–Crippen LogP) is 3.74. The van der Waals surface area contributed by atoms with E-state index in [0.717, 1.165) is 20.1 Å². The molecular weight excluding hydrogens is 398 g/mol. The maximum atomic E-state index is 13.4. The molecule has 0 aromatic heterocycles. The molecular formula is C19H15F4NO5. The van der Waals surface area contributed by atoms with Gasteiger partial charge in [0.15, 0.2) is 0 Å². The fourth-order valence-corrected chi connectivity index (χ4v) is 2.43. The number of carbonyl (C=O) groups is 3. The molecule has 154 valence electrons. The zero-order valence-corrected chi connectivity index (χ0v) is 15.2. The van der Waals surface area contributed by atoms with Gasteiger partial charge in [0.2, 0.25) is 5.91 Å². The van der Waals surface area contributed by atoms with Crippen LogP contribution in [0.4, 0.5) is 23.2 Å². The number of hydrogen-bond acceptors (Lipinski definition) is 5. The van der Waals surface area contributed by atoms with E-state index in [1.165, 1.54) is 18.2 Å². The van der Waals surface area contributed by atoms with Crippen LogP contribution < -0.4 is 10.1 Å². The minimum atomic E-state index is -4.75. The topological polar surface area (TPSA) is 81.7 Å². The Kier molecular flexibility index (Phi) is 6.57. The molecule has 0 radical (unpaired) electrons. The molecule has 0 fully saturated rings. The standard InChI is InChI=1S/C19H15F4NO5/c1-10(25)29-16-4-3-14(9-15(16)18(27)28-2)24-17(26)7-11-5-12(19(21,22)23)8-13(20)6-11/h3-6,8-9H,7H2,1-2H3,(H,24,26). The van der Waals surface area contributed by atoms with Crippen LogP contribution >= 0.6 is 0 Å². The Bertz CT molecular complexity index is 956. The van der Waals surface area contributed by atoms with Crippen molar-refractivity contribution in [3.63, 3.8) is 0 Å². The van der Waals surface area contributed by atoms with Crippen molar-refractivity contribution in [2.45, 2.75) is 19.5 Å². The summed E-state index contributed by atoms with van der Waals surface area (Å²) in [5.74, 6) is -3.49. The van der Waals surface area contributed by atoms with Gasteiger partial charge in [0, 0.05) is 12.6 Å². The van der Waals surface area contributed by atoms with Gasteiger partial charge >= 0.3 is 18.1 Å². The third kappa shape index (κ3) is 6.03. The summed E-state index contributed by atoms with van der Waals surface area (Å²) in [5.41, 5.74) is -1.44. The van der Waals surface area contributed by atoms with E-state index in [1.807, 2.05) is 0 Å². The number of anilines is 1. The van der Waals surface area contributed by atoms with Gasteiger partial charge in [0.1, 0.15) is 17.1 Å². The van der Waals surface area contributed by atoms with Gasteiger partial charge in [-0.2, -0.15) is 13.2 Å². The first kappa shape index (κ1) is 21.9. The second-order valence-corrected chi connectivity index (χ2v) is 5.87. The summed E-state index contributed by atoms with van der Waals surface area (Å²) in [7, 11) is 1.10. The van der Waals surface area contributed by atoms with Gasteiger partial charge < -0.3 is 14.8 Å². The summed E-state index contributed by atoms with van der Waals surface area (Å²) >= 11 is 0. The summed E-state index contributed by atoms with van der Waals surface area (Å²) in [6, 6.07) is 5.56. The first-order valence-corrected chi connectivity index (χ1v) is 8.07. The number of esters is 2. The lowest BCUT2D eigenvalue weighted by Gasteiger charge is -2.12. The molecule has 1 amide bonds. The molecule has 0 aliphatic carbocycles. The molecule has 0 saturated heterocycles. The third-order valence-electron chi connectivity index (χ3n) is 3.57. The van der Waals surface area contributed by atoms with E-state index in [4.69, 9.17) is 4.74 Å². The Morgan fingerprint density at radius 1 is 1.07 bits per heavy atom. The van der Waals surface area contributed by atoms with Crippen molar-refractivity contribution >= 4 is 23.5 Å². The second-order valence-electron chi connectivity index (χ2n) is 5.87. The van der Waals surface area contributed by atoms with Crippen molar-refractivity contribution in [1.29, 1.82) is 0 Å². The normalized spacial score (nSPS) is 11.0. The van der Waals surface area contributed by atoms with E-state index >= 15 is 0 Å². The number of alkyl halides is 3. The summed E-state index contributed by atoms with van der Waals surface area (Å²) in [5, 5.41) is 2.38. The smallest absolute Gasteiger partial charge is 0.416 e. The molecule has 2 aromatic rings. The maximum absolute atomic E-state index is 13.4. The number of methoxy groups -OCH3 is 1. The molecule has 0 atom stereocenters. The summed E-state index contributed by atoms with van der Waals surface area (Å²) < 4.78 is 61.2. The fourth-order valence-electron chi connectivity index (χ4n) is 2.43. The largest absolute Gasteiger partial charge is 0.465 e. The Hall–Kier alpha value is -3.43. The Balaban J connectivity index is 2.22. The van der Waals surface area contributed by atoms with E-state index in [2.05, 4.69) is 10.1 Å². The number of benzene rings is 2. The van der Waals surface area contributed by atoms with Crippen LogP contribution in [0, 0.1) is 5.82 Å². The number of hydrogen-bond donors (Lipinski definition) is 1. The van der Waals surface area contributed by atoms with Crippen molar-refractivity contribution < 1.29 is 41.4 Å². The molecule has 0 bridgehead atoms. The van der Waals surface area contributed by atoms with Gasteiger partial charge in [-0.05, 0) is 42.0 Å². The van der Waals surface area contributed by atoms with Crippen LogP contribution in [0.5, 0.6) is 5.75 Å². The van der Waals surface area contributed by atoms with Crippen LogP contribution in [0.1, 0.15) is 28.4 Å². The van der Waals surface area contributed by atoms with Gasteiger partial charge in [0.25, 0.3) is 0 Å². The van der Waals surface area contributed by atoms with Gasteiger partial charge in [0.05, 0.1) is 19.1 Å². The van der Waals surface area contributed by atoms with Crippen LogP contribution in [0.2, 0.25) is 0 Å². The number of rotatable bonds is 5. The summed E-state index contributed by atoms with van der Waals surface area (Å²) in [6.45, 7) is 1.13. The highest BCUT2D eigenvalue weighted by Crippen LogP contribution is 2.30. The first-order valence-electron chi connectivity index (χ1n) is 8.07. The van der Waals surface area contributed by atoms with Crippen LogP contribution in [0.15, 0.2) is 36.4 Å². The molecule has 10 heteroatoms. The average Bonchev–Trinajstić information content (AvgIpc) is 2.60. The molecule has 0 unspecified atom stereocenters. The van der Waals surface area contributed by atoms with E-state index < -0.39 is 41.8 Å². The Morgan fingerprint density at radius 3 is 2.34 bits per heavy atom. The third-order valence-corrected chi connectivity index (χ3v) is 3.57. The van der Waals surface area contributed by atoms with Crippen LogP contribution in [-0.4, -0.2) is 25.0 Å². The first-order chi connectivity index (χ1) is 13.5. The average molecular weight is 413 g/mol. The maximum Gasteiger partial charge on any atom is 0.416 e. The highest BCUT2D eigenvalue weighted by atomic mass is 19.4. The molecule has 0 heterocycles. The van der Waals surface area contributed by atoms with E-state index in [-0.39, 0.29) is 22.6 Å². The lowest BCUT2D eigenvalue weighted by molar-refractivity contribution is -0.138. The minimum Gasteiger partial charge on any atom is -0.465 e. The SMILES string of the molecule is COC(=O)c1cc(NC(=O)Cc2cc(F)cc(C(F)(F)F)c2)ccc1OC(C)=O. The number of carbonyl (C=O) groups excluding carboxylic acids is 3. The fraction of sp³-hybridized carbons (Fsp3) is 0.211. The molecule has 6 nitrogen and oxygen atoms in total. The molecule has 0 aliphatic heterocycles. The summed E-state index contributed by atoms with van der Waals surface area (Å²) in [6.07, 6.45) is -5.30. The Labute approximate surface area is 162 Å². The van der Waals surface area contributed by atoms with Crippen LogP contribution in [-0.2, 0) is 26.9 Å². The number of halogens is 4. The van der Waals surface area contributed by atoms with Gasteiger partial charge in [-0.3, -0.25) is 9.59 Å². The Morgan fingerprint density at radius 2 is 1.76 bits per heavy atom. The molecule has 2 rings (SSSR count). The summed E-state index contributed by atoms with van der Waals surface area (Å²) in [4.78, 5) is 35.1. The number of amides is 1. The predicted molar refractivity (Wildman–Crippen MR) is 92.8 cm³/mol. The molecule has 2 aromatic carbocycles. The van der Waals surface area contributed by atoms with Crippen molar-refractivity contribution in [3.05, 3.63) is 58.9 Å². The van der Waals surface area contributed by atoms with E-state index in [9.17, 15) is 31.9 Å². The molecule has 0 saturated carbocycles. The van der Waals surface area contributed by atoms with Gasteiger partial charge in [-0.25, -0.2) is 9.18 Å². The van der Waals surface area contributed by atoms with Gasteiger partial charge in [-0.15, -0.1) is 0 Å². The number of ether oxygens (including phenoxy) is 2. The molecule has 0 aliphatic rings. The van der Waals surface area contributed by atoms with Crippen LogP contribution in [0.25, 0.3) is 0 Å². The molecule has 29 heavy (non-hydrogen) atoms. The second kappa shape index (κ2) is 8.72. The number of nitrogens with one attached hydrogen (secondary N) is 1. The van der Waals surface area contributed by atoms with Crippen molar-refractivity contribution in [2.75, 3.05) is 12.4 Å². The monoisotopic (exact) mass is 413 g/mol. The van der Waals surface area contributed by atoms with Crippen molar-refractivity contribution in [2.24, 2.45) is 0 Å². The molecule has 0 spiro atoms. The highest BCUT2D eigenvalue weighted by molar-refractivity contribution is 5.97. The van der Waals surface area contributed by atoms with Crippen LogP contribution in [0.3, 0.4) is 0 Å². The van der Waals surface area contributed by atoms with E-state index in [1.54, 1.807) is 0 Å². The molecule has 1 N–H and O–H groups in total. The lowest BCUT2D eigenvalue weighted by atomic mass is 10.1. The zero-order valence-electron chi connectivity index (χ0n) is 15.2. The van der Waals surface area contributed by atoms with Crippen molar-refractivity contribution in [1.82, 2.24) is 0 Å². The zero-order chi connectivity index (χ0) is 21.8. The van der Waals surface area contributed by atoms with Crippen molar-refractivity contribution in [3.8, 4) is 5.75 Å². The lowest BCUT2D eigenvalue weighted by Crippen LogP contribution is -2.16. The highest BCUT2D eigenvalue weighted by Gasteiger charge is 2.31. The van der Waals surface area contributed by atoms with E-state index in [0.29, 0.717) is 12.1 Å². The minimum absolute atomic E-state index is 0.0951. The quantitative estimate of drug-likeness (QED) is 0.459. The van der Waals surface area contributed by atoms with Gasteiger partial charge in [-0.1, -0.05) is 0 Å².